The van der Waals surface area contributed by atoms with Crippen LogP contribution in [-0.2, 0) is 6.42 Å². The lowest BCUT2D eigenvalue weighted by atomic mass is 9.99. The minimum Gasteiger partial charge on any atom is -0.478 e. The molecule has 0 aromatic heterocycles. The summed E-state index contributed by atoms with van der Waals surface area (Å²) in [6, 6.07) is 15.2. The molecular formula is C21H17FN2O4. The Hall–Kier alpha value is -3.87. The summed E-state index contributed by atoms with van der Waals surface area (Å²) >= 11 is 0. The molecule has 5 N–H and O–H groups in total. The second-order valence-corrected chi connectivity index (χ2v) is 6.22. The van der Waals surface area contributed by atoms with Crippen LogP contribution < -0.4 is 11.1 Å². The molecule has 0 unspecified atom stereocenters. The third kappa shape index (κ3) is 4.27. The van der Waals surface area contributed by atoms with Gasteiger partial charge < -0.3 is 21.3 Å². The highest BCUT2D eigenvalue weighted by atomic mass is 19.1. The van der Waals surface area contributed by atoms with Crippen molar-refractivity contribution in [2.24, 2.45) is 0 Å². The third-order valence-corrected chi connectivity index (χ3v) is 4.19. The second kappa shape index (κ2) is 7.79. The van der Waals surface area contributed by atoms with Gasteiger partial charge in [0, 0.05) is 11.4 Å². The van der Waals surface area contributed by atoms with Crippen molar-refractivity contribution in [1.29, 1.82) is 0 Å². The Balaban J connectivity index is 1.88. The molecule has 3 rings (SSSR count). The maximum absolute atomic E-state index is 13.0. The Kier molecular flexibility index (Phi) is 5.26. The smallest absolute Gasteiger partial charge is 0.337 e. The fraction of sp³-hybridized carbons (Fsp3) is 0.0476. The van der Waals surface area contributed by atoms with E-state index in [9.17, 15) is 24.2 Å². The largest absolute Gasteiger partial charge is 0.478 e. The number of benzene rings is 3. The van der Waals surface area contributed by atoms with Gasteiger partial charge in [0.15, 0.2) is 0 Å². The van der Waals surface area contributed by atoms with E-state index in [0.29, 0.717) is 28.9 Å². The quantitative estimate of drug-likeness (QED) is 0.478. The van der Waals surface area contributed by atoms with E-state index in [2.05, 4.69) is 5.32 Å². The summed E-state index contributed by atoms with van der Waals surface area (Å²) < 4.78 is 13.0. The van der Waals surface area contributed by atoms with Crippen LogP contribution in [0.25, 0.3) is 0 Å². The first-order chi connectivity index (χ1) is 13.3. The average Bonchev–Trinajstić information content (AvgIpc) is 2.66. The van der Waals surface area contributed by atoms with Crippen molar-refractivity contribution in [2.75, 3.05) is 11.1 Å². The van der Waals surface area contributed by atoms with Gasteiger partial charge in [-0.1, -0.05) is 12.1 Å². The van der Waals surface area contributed by atoms with Crippen molar-refractivity contribution < 1.29 is 24.2 Å². The normalized spacial score (nSPS) is 10.5. The van der Waals surface area contributed by atoms with Crippen LogP contribution >= 0.6 is 0 Å². The van der Waals surface area contributed by atoms with Gasteiger partial charge in [0.1, 0.15) is 5.82 Å². The molecule has 6 nitrogen and oxygen atoms in total. The van der Waals surface area contributed by atoms with Gasteiger partial charge in [0.2, 0.25) is 0 Å². The van der Waals surface area contributed by atoms with Gasteiger partial charge in [0.05, 0.1) is 16.8 Å². The highest BCUT2D eigenvalue weighted by molar-refractivity contribution is 5.95. The minimum absolute atomic E-state index is 0.00514. The predicted octanol–water partition coefficient (Wildman–Crippen LogP) is 4.14. The lowest BCUT2D eigenvalue weighted by Gasteiger charge is -2.12. The molecule has 142 valence electrons. The molecule has 0 fully saturated rings. The Bertz CT molecular complexity index is 1050. The SMILES string of the molecule is Nc1ccc(Cc2ccc(Nc3ccc(F)cc3)c(C(=O)O)c2)cc1C(=O)O. The standard InChI is InChI=1S/C21H17FN2O4/c22-14-3-5-15(6-4-14)24-19-8-2-13(11-17(19)21(27)28)9-12-1-7-18(23)16(10-12)20(25)26/h1-8,10-11,24H,9,23H2,(H,25,26)(H,27,28). The topological polar surface area (TPSA) is 113 Å². The van der Waals surface area contributed by atoms with Crippen LogP contribution in [0.2, 0.25) is 0 Å². The maximum Gasteiger partial charge on any atom is 0.337 e. The lowest BCUT2D eigenvalue weighted by molar-refractivity contribution is 0.0687. The Morgan fingerprint density at radius 3 is 2.04 bits per heavy atom. The van der Waals surface area contributed by atoms with Crippen LogP contribution in [0.3, 0.4) is 0 Å². The molecule has 0 saturated heterocycles. The van der Waals surface area contributed by atoms with Crippen molar-refractivity contribution in [3.8, 4) is 0 Å². The van der Waals surface area contributed by atoms with Crippen molar-refractivity contribution in [1.82, 2.24) is 0 Å². The van der Waals surface area contributed by atoms with Gasteiger partial charge in [-0.15, -0.1) is 0 Å². The average molecular weight is 380 g/mol. The molecule has 0 radical (unpaired) electrons. The first kappa shape index (κ1) is 18.9. The number of aromatic carboxylic acids is 2. The Labute approximate surface area is 160 Å². The minimum atomic E-state index is -1.12. The van der Waals surface area contributed by atoms with Crippen molar-refractivity contribution in [3.05, 3.63) is 88.7 Å². The molecule has 0 heterocycles. The molecule has 0 aliphatic carbocycles. The van der Waals surface area contributed by atoms with E-state index in [-0.39, 0.29) is 22.6 Å². The van der Waals surface area contributed by atoms with Crippen LogP contribution in [0.1, 0.15) is 31.8 Å². The van der Waals surface area contributed by atoms with E-state index in [1.807, 2.05) is 0 Å². The fourth-order valence-corrected chi connectivity index (χ4v) is 2.81. The van der Waals surface area contributed by atoms with E-state index in [4.69, 9.17) is 5.73 Å². The van der Waals surface area contributed by atoms with E-state index in [1.54, 1.807) is 18.2 Å². The monoisotopic (exact) mass is 380 g/mol. The molecule has 3 aromatic carbocycles. The van der Waals surface area contributed by atoms with Crippen molar-refractivity contribution in [2.45, 2.75) is 6.42 Å². The first-order valence-electron chi connectivity index (χ1n) is 8.34. The highest BCUT2D eigenvalue weighted by Crippen LogP contribution is 2.25. The molecule has 0 saturated carbocycles. The molecule has 28 heavy (non-hydrogen) atoms. The summed E-state index contributed by atoms with van der Waals surface area (Å²) in [6.45, 7) is 0. The molecule has 0 bridgehead atoms. The van der Waals surface area contributed by atoms with E-state index >= 15 is 0 Å². The molecule has 0 aliphatic rings. The number of halogens is 1. The molecule has 3 aromatic rings. The van der Waals surface area contributed by atoms with Crippen LogP contribution in [0.5, 0.6) is 0 Å². The third-order valence-electron chi connectivity index (χ3n) is 4.19. The van der Waals surface area contributed by atoms with Gasteiger partial charge in [-0.3, -0.25) is 0 Å². The van der Waals surface area contributed by atoms with E-state index in [1.165, 1.54) is 42.5 Å². The molecule has 0 spiro atoms. The molecule has 0 aliphatic heterocycles. The van der Waals surface area contributed by atoms with Gasteiger partial charge >= 0.3 is 11.9 Å². The maximum atomic E-state index is 13.0. The molecule has 0 amide bonds. The number of rotatable bonds is 6. The van der Waals surface area contributed by atoms with Crippen molar-refractivity contribution in [3.63, 3.8) is 0 Å². The van der Waals surface area contributed by atoms with Gasteiger partial charge in [-0.05, 0) is 66.1 Å². The predicted molar refractivity (Wildman–Crippen MR) is 104 cm³/mol. The number of carboxylic acids is 2. The molecule has 7 heteroatoms. The number of hydrogen-bond donors (Lipinski definition) is 4. The van der Waals surface area contributed by atoms with Crippen LogP contribution in [0.15, 0.2) is 60.7 Å². The number of nitrogens with one attached hydrogen (secondary N) is 1. The summed E-state index contributed by atoms with van der Waals surface area (Å²) in [4.78, 5) is 22.9. The number of nitrogen functional groups attached to an aromatic ring is 1. The van der Waals surface area contributed by atoms with Crippen LogP contribution in [0.4, 0.5) is 21.5 Å². The molecule has 0 atom stereocenters. The van der Waals surface area contributed by atoms with Gasteiger partial charge in [0.25, 0.3) is 0 Å². The van der Waals surface area contributed by atoms with Gasteiger partial charge in [-0.2, -0.15) is 0 Å². The summed E-state index contributed by atoms with van der Waals surface area (Å²) in [5.74, 6) is -2.62. The van der Waals surface area contributed by atoms with E-state index in [0.717, 1.165) is 0 Å². The summed E-state index contributed by atoms with van der Waals surface area (Å²) in [6.07, 6.45) is 0.345. The summed E-state index contributed by atoms with van der Waals surface area (Å²) in [7, 11) is 0. The number of carbonyl (C=O) groups is 2. The Morgan fingerprint density at radius 2 is 1.43 bits per heavy atom. The summed E-state index contributed by atoms with van der Waals surface area (Å²) in [5, 5.41) is 21.7. The van der Waals surface area contributed by atoms with Crippen molar-refractivity contribution >= 4 is 29.0 Å². The number of anilines is 3. The Morgan fingerprint density at radius 1 is 0.857 bits per heavy atom. The number of nitrogens with two attached hydrogens (primary N) is 1. The number of carboxylic acid groups (broad SMARTS) is 2. The number of hydrogen-bond acceptors (Lipinski definition) is 4. The summed E-state index contributed by atoms with van der Waals surface area (Å²) in [5.41, 5.74) is 8.20. The molecular weight excluding hydrogens is 363 g/mol. The second-order valence-electron chi connectivity index (χ2n) is 6.22. The van der Waals surface area contributed by atoms with E-state index < -0.39 is 11.9 Å². The zero-order valence-corrected chi connectivity index (χ0v) is 14.6. The fourth-order valence-electron chi connectivity index (χ4n) is 2.81. The zero-order chi connectivity index (χ0) is 20.3. The van der Waals surface area contributed by atoms with Crippen LogP contribution in [0, 0.1) is 5.82 Å². The zero-order valence-electron chi connectivity index (χ0n) is 14.6. The highest BCUT2D eigenvalue weighted by Gasteiger charge is 2.13. The van der Waals surface area contributed by atoms with Crippen LogP contribution in [-0.4, -0.2) is 22.2 Å². The lowest BCUT2D eigenvalue weighted by Crippen LogP contribution is -2.05. The van der Waals surface area contributed by atoms with Gasteiger partial charge in [-0.25, -0.2) is 14.0 Å². The first-order valence-corrected chi connectivity index (χ1v) is 8.34.